The van der Waals surface area contributed by atoms with Crippen LogP contribution in [0.4, 0.5) is 29.2 Å². The summed E-state index contributed by atoms with van der Waals surface area (Å²) in [6.07, 6.45) is 6.67. The van der Waals surface area contributed by atoms with E-state index in [4.69, 9.17) is 5.73 Å². The van der Waals surface area contributed by atoms with E-state index < -0.39 is 0 Å². The van der Waals surface area contributed by atoms with Crippen molar-refractivity contribution in [1.29, 1.82) is 0 Å². The SMILES string of the molecule is Nc1ccccc1NC(=O)c1ccc(CNc2nc(NCCc3cccnc3)nc(NC3CC3)n2)cc1. The number of hydrogen-bond acceptors (Lipinski definition) is 9. The topological polar surface area (TPSA) is 143 Å². The van der Waals surface area contributed by atoms with Crippen molar-refractivity contribution >= 4 is 35.1 Å². The maximum Gasteiger partial charge on any atom is 0.255 e. The molecule has 0 aliphatic heterocycles. The molecular formula is C27H29N9O. The Morgan fingerprint density at radius 1 is 0.865 bits per heavy atom. The van der Waals surface area contributed by atoms with Gasteiger partial charge in [-0.1, -0.05) is 30.3 Å². The molecule has 10 nitrogen and oxygen atoms in total. The van der Waals surface area contributed by atoms with E-state index in [1.165, 1.54) is 0 Å². The van der Waals surface area contributed by atoms with Gasteiger partial charge in [0.15, 0.2) is 0 Å². The molecule has 2 aromatic carbocycles. The molecule has 0 spiro atoms. The average Bonchev–Trinajstić information content (AvgIpc) is 3.74. The molecule has 2 aromatic heterocycles. The van der Waals surface area contributed by atoms with Gasteiger partial charge in [0.05, 0.1) is 11.4 Å². The minimum atomic E-state index is -0.215. The Hall–Kier alpha value is -4.73. The Morgan fingerprint density at radius 2 is 1.62 bits per heavy atom. The van der Waals surface area contributed by atoms with Gasteiger partial charge in [0, 0.05) is 37.1 Å². The fourth-order valence-corrected chi connectivity index (χ4v) is 3.63. The number of nitrogen functional groups attached to an aromatic ring is 1. The monoisotopic (exact) mass is 495 g/mol. The smallest absolute Gasteiger partial charge is 0.255 e. The van der Waals surface area contributed by atoms with E-state index >= 15 is 0 Å². The zero-order valence-corrected chi connectivity index (χ0v) is 20.3. The standard InChI is InChI=1S/C27H29N9O/c28-22-5-1-2-6-23(22)33-24(37)20-9-7-19(8-10-20)17-31-26-34-25(35-27(36-26)32-21-11-12-21)30-15-13-18-4-3-14-29-16-18/h1-10,14,16,21H,11-13,15,17,28H2,(H,33,37)(H3,30,31,32,34,35,36). The van der Waals surface area contributed by atoms with Crippen molar-refractivity contribution in [1.82, 2.24) is 19.9 Å². The summed E-state index contributed by atoms with van der Waals surface area (Å²) in [5, 5.41) is 12.7. The highest BCUT2D eigenvalue weighted by atomic mass is 16.1. The van der Waals surface area contributed by atoms with Crippen LogP contribution in [0.5, 0.6) is 0 Å². The van der Waals surface area contributed by atoms with Crippen LogP contribution < -0.4 is 27.0 Å². The lowest BCUT2D eigenvalue weighted by molar-refractivity contribution is 0.102. The van der Waals surface area contributed by atoms with Crippen LogP contribution in [0.25, 0.3) is 0 Å². The highest BCUT2D eigenvalue weighted by Gasteiger charge is 2.22. The van der Waals surface area contributed by atoms with Crippen LogP contribution in [0.1, 0.15) is 34.3 Å². The number of rotatable bonds is 11. The molecule has 0 radical (unpaired) electrons. The fraction of sp³-hybridized carbons (Fsp3) is 0.222. The Labute approximate surface area is 215 Å². The minimum Gasteiger partial charge on any atom is -0.397 e. The zero-order valence-electron chi connectivity index (χ0n) is 20.3. The fourth-order valence-electron chi connectivity index (χ4n) is 3.63. The molecular weight excluding hydrogens is 466 g/mol. The van der Waals surface area contributed by atoms with Crippen LogP contribution in [0.2, 0.25) is 0 Å². The van der Waals surface area contributed by atoms with Gasteiger partial charge < -0.3 is 27.0 Å². The number of anilines is 5. The summed E-state index contributed by atoms with van der Waals surface area (Å²) in [6, 6.07) is 18.9. The van der Waals surface area contributed by atoms with E-state index in [2.05, 4.69) is 41.2 Å². The number of para-hydroxylation sites is 2. The summed E-state index contributed by atoms with van der Waals surface area (Å²) in [4.78, 5) is 30.3. The van der Waals surface area contributed by atoms with Gasteiger partial charge in [-0.3, -0.25) is 9.78 Å². The first-order valence-corrected chi connectivity index (χ1v) is 12.3. The molecule has 0 saturated heterocycles. The quantitative estimate of drug-likeness (QED) is 0.195. The third-order valence-corrected chi connectivity index (χ3v) is 5.84. The zero-order chi connectivity index (χ0) is 25.5. The lowest BCUT2D eigenvalue weighted by atomic mass is 10.1. The van der Waals surface area contributed by atoms with Crippen molar-refractivity contribution in [2.24, 2.45) is 0 Å². The van der Waals surface area contributed by atoms with Gasteiger partial charge >= 0.3 is 0 Å². The lowest BCUT2D eigenvalue weighted by Gasteiger charge is -2.12. The summed E-state index contributed by atoms with van der Waals surface area (Å²) >= 11 is 0. The molecule has 1 aliphatic carbocycles. The van der Waals surface area contributed by atoms with Crippen LogP contribution in [-0.2, 0) is 13.0 Å². The predicted octanol–water partition coefficient (Wildman–Crippen LogP) is 3.94. The maximum atomic E-state index is 12.6. The number of aromatic nitrogens is 4. The third-order valence-electron chi connectivity index (χ3n) is 5.84. The van der Waals surface area contributed by atoms with Gasteiger partial charge in [-0.25, -0.2) is 0 Å². The van der Waals surface area contributed by atoms with Gasteiger partial charge in [-0.05, 0) is 60.7 Å². The molecule has 0 bridgehead atoms. The van der Waals surface area contributed by atoms with Gasteiger partial charge in [0.1, 0.15) is 0 Å². The van der Waals surface area contributed by atoms with Crippen molar-refractivity contribution in [2.45, 2.75) is 31.8 Å². The molecule has 1 saturated carbocycles. The number of hydrogen-bond donors (Lipinski definition) is 5. The van der Waals surface area contributed by atoms with E-state index in [0.29, 0.717) is 53.9 Å². The summed E-state index contributed by atoms with van der Waals surface area (Å²) in [5.74, 6) is 1.32. The number of pyridine rings is 1. The summed E-state index contributed by atoms with van der Waals surface area (Å²) in [5.41, 5.74) is 9.71. The number of nitrogens with two attached hydrogens (primary N) is 1. The van der Waals surface area contributed by atoms with Crippen LogP contribution >= 0.6 is 0 Å². The molecule has 1 amide bonds. The predicted molar refractivity (Wildman–Crippen MR) is 145 cm³/mol. The van der Waals surface area contributed by atoms with Gasteiger partial charge in [-0.15, -0.1) is 0 Å². The number of carbonyl (C=O) groups is 1. The molecule has 4 aromatic rings. The Balaban J connectivity index is 1.19. The second kappa shape index (κ2) is 11.3. The molecule has 2 heterocycles. The average molecular weight is 496 g/mol. The van der Waals surface area contributed by atoms with Gasteiger partial charge in [-0.2, -0.15) is 15.0 Å². The van der Waals surface area contributed by atoms with Gasteiger partial charge in [0.25, 0.3) is 5.91 Å². The number of amides is 1. The van der Waals surface area contributed by atoms with Crippen LogP contribution in [0.3, 0.4) is 0 Å². The Kier molecular flexibility index (Phi) is 7.35. The second-order valence-electron chi connectivity index (χ2n) is 8.85. The molecule has 0 unspecified atom stereocenters. The number of nitrogens with zero attached hydrogens (tertiary/aromatic N) is 4. The van der Waals surface area contributed by atoms with Crippen molar-refractivity contribution in [3.8, 4) is 0 Å². The highest BCUT2D eigenvalue weighted by Crippen LogP contribution is 2.24. The van der Waals surface area contributed by atoms with Crippen LogP contribution in [0.15, 0.2) is 73.1 Å². The summed E-state index contributed by atoms with van der Waals surface area (Å²) < 4.78 is 0. The lowest BCUT2D eigenvalue weighted by Crippen LogP contribution is -2.15. The van der Waals surface area contributed by atoms with Crippen molar-refractivity contribution in [3.63, 3.8) is 0 Å². The molecule has 1 aliphatic rings. The van der Waals surface area contributed by atoms with Crippen LogP contribution in [-0.4, -0.2) is 38.4 Å². The first kappa shape index (κ1) is 24.0. The Morgan fingerprint density at radius 3 is 2.35 bits per heavy atom. The number of nitrogens with one attached hydrogen (secondary N) is 4. The number of carbonyl (C=O) groups excluding carboxylic acids is 1. The van der Waals surface area contributed by atoms with Crippen molar-refractivity contribution < 1.29 is 4.79 Å². The Bertz CT molecular complexity index is 1340. The molecule has 10 heteroatoms. The van der Waals surface area contributed by atoms with Crippen LogP contribution in [0, 0.1) is 0 Å². The molecule has 0 atom stereocenters. The number of benzene rings is 2. The first-order valence-electron chi connectivity index (χ1n) is 12.3. The maximum absolute atomic E-state index is 12.6. The first-order chi connectivity index (χ1) is 18.1. The minimum absolute atomic E-state index is 0.215. The largest absolute Gasteiger partial charge is 0.397 e. The normalized spacial score (nSPS) is 12.5. The van der Waals surface area contributed by atoms with E-state index in [9.17, 15) is 4.79 Å². The van der Waals surface area contributed by atoms with Gasteiger partial charge in [0.2, 0.25) is 17.8 Å². The van der Waals surface area contributed by atoms with E-state index in [-0.39, 0.29) is 5.91 Å². The molecule has 188 valence electrons. The van der Waals surface area contributed by atoms with E-state index in [1.807, 2.05) is 42.6 Å². The molecule has 5 rings (SSSR count). The summed E-state index contributed by atoms with van der Waals surface area (Å²) in [6.45, 7) is 1.17. The van der Waals surface area contributed by atoms with Crippen molar-refractivity contribution in [2.75, 3.05) is 33.5 Å². The molecule has 1 fully saturated rings. The molecule has 6 N–H and O–H groups in total. The molecule has 37 heavy (non-hydrogen) atoms. The van der Waals surface area contributed by atoms with Crippen molar-refractivity contribution in [3.05, 3.63) is 89.7 Å². The highest BCUT2D eigenvalue weighted by molar-refractivity contribution is 6.05. The second-order valence-corrected chi connectivity index (χ2v) is 8.85. The van der Waals surface area contributed by atoms with E-state index in [1.54, 1.807) is 30.5 Å². The third kappa shape index (κ3) is 6.91. The van der Waals surface area contributed by atoms with E-state index in [0.717, 1.165) is 30.4 Å². The summed E-state index contributed by atoms with van der Waals surface area (Å²) in [7, 11) is 0.